The first-order chi connectivity index (χ1) is 9.54. The van der Waals surface area contributed by atoms with Crippen molar-refractivity contribution in [3.05, 3.63) is 57.0 Å². The number of anilines is 1. The number of carbonyl (C=O) groups excluding carboxylic acids is 1. The molecule has 0 amide bonds. The second-order valence-electron chi connectivity index (χ2n) is 4.10. The Hall–Kier alpha value is -1.52. The van der Waals surface area contributed by atoms with E-state index in [1.54, 1.807) is 36.4 Å². The van der Waals surface area contributed by atoms with E-state index in [4.69, 9.17) is 22.1 Å². The lowest BCUT2D eigenvalue weighted by atomic mass is 10.0. The molecule has 0 saturated carbocycles. The second-order valence-corrected chi connectivity index (χ2v) is 5.37. The number of para-hydroxylation sites is 1. The maximum absolute atomic E-state index is 12.5. The van der Waals surface area contributed by atoms with Gasteiger partial charge in [-0.3, -0.25) is 4.79 Å². The number of nitrogens with two attached hydrogens (primary N) is 1. The number of hydrogen-bond donors (Lipinski definition) is 1. The van der Waals surface area contributed by atoms with E-state index in [1.807, 2.05) is 6.92 Å². The van der Waals surface area contributed by atoms with Crippen molar-refractivity contribution >= 4 is 39.0 Å². The summed E-state index contributed by atoms with van der Waals surface area (Å²) in [6, 6.07) is 10.2. The molecule has 104 valence electrons. The van der Waals surface area contributed by atoms with Gasteiger partial charge in [0, 0.05) is 15.6 Å². The average Bonchev–Trinajstić information content (AvgIpc) is 2.42. The van der Waals surface area contributed by atoms with Crippen LogP contribution in [-0.4, -0.2) is 12.4 Å². The van der Waals surface area contributed by atoms with Crippen LogP contribution in [0, 0.1) is 0 Å². The van der Waals surface area contributed by atoms with Crippen LogP contribution in [-0.2, 0) is 0 Å². The van der Waals surface area contributed by atoms with Crippen LogP contribution in [0.15, 0.2) is 40.9 Å². The van der Waals surface area contributed by atoms with Crippen molar-refractivity contribution in [1.29, 1.82) is 0 Å². The SMILES string of the molecule is CCOc1ccc(C(=O)c2cccc(Cl)c2N)c(Br)c1. The summed E-state index contributed by atoms with van der Waals surface area (Å²) in [5.74, 6) is 0.523. The van der Waals surface area contributed by atoms with E-state index < -0.39 is 0 Å². The summed E-state index contributed by atoms with van der Waals surface area (Å²) in [4.78, 5) is 12.5. The molecule has 2 N–H and O–H groups in total. The monoisotopic (exact) mass is 353 g/mol. The highest BCUT2D eigenvalue weighted by Crippen LogP contribution is 2.29. The highest BCUT2D eigenvalue weighted by atomic mass is 79.9. The van der Waals surface area contributed by atoms with Gasteiger partial charge in [-0.2, -0.15) is 0 Å². The summed E-state index contributed by atoms with van der Waals surface area (Å²) >= 11 is 9.33. The van der Waals surface area contributed by atoms with E-state index >= 15 is 0 Å². The highest BCUT2D eigenvalue weighted by molar-refractivity contribution is 9.10. The molecule has 0 heterocycles. The minimum atomic E-state index is -0.181. The van der Waals surface area contributed by atoms with E-state index in [0.29, 0.717) is 38.7 Å². The number of carbonyl (C=O) groups is 1. The molecule has 3 nitrogen and oxygen atoms in total. The Morgan fingerprint density at radius 3 is 2.70 bits per heavy atom. The van der Waals surface area contributed by atoms with E-state index in [0.717, 1.165) is 0 Å². The summed E-state index contributed by atoms with van der Waals surface area (Å²) < 4.78 is 6.04. The standard InChI is InChI=1S/C15H13BrClNO2/c1-2-20-9-6-7-10(12(16)8-9)15(19)11-4-3-5-13(17)14(11)18/h3-8H,2,18H2,1H3. The van der Waals surface area contributed by atoms with Crippen LogP contribution in [0.25, 0.3) is 0 Å². The number of ketones is 1. The molecule has 2 rings (SSSR count). The first kappa shape index (κ1) is 14.9. The van der Waals surface area contributed by atoms with Gasteiger partial charge in [-0.25, -0.2) is 0 Å². The molecule has 0 radical (unpaired) electrons. The molecule has 0 saturated heterocycles. The van der Waals surface area contributed by atoms with Gasteiger partial charge in [0.25, 0.3) is 0 Å². The Morgan fingerprint density at radius 2 is 2.05 bits per heavy atom. The van der Waals surface area contributed by atoms with Gasteiger partial charge < -0.3 is 10.5 Å². The predicted molar refractivity (Wildman–Crippen MR) is 84.6 cm³/mol. The lowest BCUT2D eigenvalue weighted by Crippen LogP contribution is -2.06. The van der Waals surface area contributed by atoms with Crippen LogP contribution in [0.3, 0.4) is 0 Å². The van der Waals surface area contributed by atoms with Gasteiger partial charge >= 0.3 is 0 Å². The Bertz CT molecular complexity index is 658. The number of ether oxygens (including phenoxy) is 1. The summed E-state index contributed by atoms with van der Waals surface area (Å²) in [6.45, 7) is 2.47. The Morgan fingerprint density at radius 1 is 1.30 bits per heavy atom. The zero-order valence-electron chi connectivity index (χ0n) is 10.8. The molecule has 0 spiro atoms. The van der Waals surface area contributed by atoms with Gasteiger partial charge in [0.2, 0.25) is 0 Å². The van der Waals surface area contributed by atoms with Crippen molar-refractivity contribution in [1.82, 2.24) is 0 Å². The molecule has 5 heteroatoms. The van der Waals surface area contributed by atoms with Gasteiger partial charge in [0.1, 0.15) is 5.75 Å². The summed E-state index contributed by atoms with van der Waals surface area (Å²) in [7, 11) is 0. The highest BCUT2D eigenvalue weighted by Gasteiger charge is 2.17. The minimum absolute atomic E-state index is 0.181. The molecule has 0 bridgehead atoms. The first-order valence-electron chi connectivity index (χ1n) is 6.05. The number of rotatable bonds is 4. The van der Waals surface area contributed by atoms with Crippen molar-refractivity contribution in [3.63, 3.8) is 0 Å². The smallest absolute Gasteiger partial charge is 0.196 e. The second kappa shape index (κ2) is 6.29. The van der Waals surface area contributed by atoms with Crippen LogP contribution >= 0.6 is 27.5 Å². The van der Waals surface area contributed by atoms with E-state index in [2.05, 4.69) is 15.9 Å². The third-order valence-electron chi connectivity index (χ3n) is 2.79. The normalized spacial score (nSPS) is 10.3. The predicted octanol–water partition coefficient (Wildman–Crippen LogP) is 4.31. The molecule has 0 unspecified atom stereocenters. The van der Waals surface area contributed by atoms with Crippen LogP contribution in [0.2, 0.25) is 5.02 Å². The van der Waals surface area contributed by atoms with Gasteiger partial charge in [0.15, 0.2) is 5.78 Å². The molecular weight excluding hydrogens is 342 g/mol. The molecule has 0 aliphatic heterocycles. The maximum atomic E-state index is 12.5. The average molecular weight is 355 g/mol. The molecule has 2 aromatic rings. The number of halogens is 2. The van der Waals surface area contributed by atoms with Crippen molar-refractivity contribution in [3.8, 4) is 5.75 Å². The summed E-state index contributed by atoms with van der Waals surface area (Å²) in [6.07, 6.45) is 0. The molecule has 0 atom stereocenters. The van der Waals surface area contributed by atoms with Gasteiger partial charge in [-0.05, 0) is 53.2 Å². The molecule has 0 aromatic heterocycles. The van der Waals surface area contributed by atoms with Crippen LogP contribution in [0.5, 0.6) is 5.75 Å². The van der Waals surface area contributed by atoms with Crippen LogP contribution in [0.1, 0.15) is 22.8 Å². The Kier molecular flexibility index (Phi) is 4.68. The lowest BCUT2D eigenvalue weighted by molar-refractivity contribution is 0.103. The van der Waals surface area contributed by atoms with E-state index in [-0.39, 0.29) is 5.78 Å². The van der Waals surface area contributed by atoms with Crippen LogP contribution < -0.4 is 10.5 Å². The van der Waals surface area contributed by atoms with Crippen molar-refractivity contribution < 1.29 is 9.53 Å². The van der Waals surface area contributed by atoms with Crippen LogP contribution in [0.4, 0.5) is 5.69 Å². The van der Waals surface area contributed by atoms with Crippen molar-refractivity contribution in [2.45, 2.75) is 6.92 Å². The van der Waals surface area contributed by atoms with Crippen molar-refractivity contribution in [2.75, 3.05) is 12.3 Å². The van der Waals surface area contributed by atoms with Gasteiger partial charge in [0.05, 0.1) is 17.3 Å². The Balaban J connectivity index is 2.41. The first-order valence-corrected chi connectivity index (χ1v) is 7.22. The molecule has 2 aromatic carbocycles. The maximum Gasteiger partial charge on any atom is 0.196 e. The molecule has 0 aliphatic rings. The number of benzene rings is 2. The molecule has 0 aliphatic carbocycles. The fraction of sp³-hybridized carbons (Fsp3) is 0.133. The molecule has 20 heavy (non-hydrogen) atoms. The topological polar surface area (TPSA) is 52.3 Å². The third-order valence-corrected chi connectivity index (χ3v) is 3.78. The minimum Gasteiger partial charge on any atom is -0.494 e. The van der Waals surface area contributed by atoms with Gasteiger partial charge in [-0.15, -0.1) is 0 Å². The fourth-order valence-corrected chi connectivity index (χ4v) is 2.53. The quantitative estimate of drug-likeness (QED) is 0.657. The summed E-state index contributed by atoms with van der Waals surface area (Å²) in [5, 5.41) is 0.373. The molecular formula is C15H13BrClNO2. The summed E-state index contributed by atoms with van der Waals surface area (Å²) in [5.41, 5.74) is 7.05. The fourth-order valence-electron chi connectivity index (χ4n) is 1.82. The lowest BCUT2D eigenvalue weighted by Gasteiger charge is -2.09. The number of nitrogen functional groups attached to an aromatic ring is 1. The largest absolute Gasteiger partial charge is 0.494 e. The number of hydrogen-bond acceptors (Lipinski definition) is 3. The zero-order chi connectivity index (χ0) is 14.7. The van der Waals surface area contributed by atoms with Gasteiger partial charge in [-0.1, -0.05) is 17.7 Å². The zero-order valence-corrected chi connectivity index (χ0v) is 13.2. The Labute approximate surface area is 130 Å². The third kappa shape index (κ3) is 2.97. The van der Waals surface area contributed by atoms with Crippen molar-refractivity contribution in [2.24, 2.45) is 0 Å². The van der Waals surface area contributed by atoms with E-state index in [1.165, 1.54) is 0 Å². The molecule has 0 fully saturated rings. The van der Waals surface area contributed by atoms with E-state index in [9.17, 15) is 4.79 Å².